The van der Waals surface area contributed by atoms with Crippen molar-refractivity contribution in [2.75, 3.05) is 27.3 Å². The maximum Gasteiger partial charge on any atom is 0.166 e. The Kier molecular flexibility index (Phi) is 3.89. The van der Waals surface area contributed by atoms with Crippen LogP contribution in [-0.2, 0) is 16.7 Å². The van der Waals surface area contributed by atoms with Gasteiger partial charge in [0.05, 0.1) is 18.6 Å². The monoisotopic (exact) mass is 327 g/mol. The number of ether oxygens (including phenoxy) is 3. The van der Waals surface area contributed by atoms with Gasteiger partial charge in [0.15, 0.2) is 11.5 Å². The Hall–Kier alpha value is -1.78. The average Bonchev–Trinajstić information content (AvgIpc) is 2.86. The van der Waals surface area contributed by atoms with Gasteiger partial charge in [-0.1, -0.05) is 24.3 Å². The summed E-state index contributed by atoms with van der Waals surface area (Å²) in [4.78, 5) is 2.45. The van der Waals surface area contributed by atoms with E-state index in [1.54, 1.807) is 14.2 Å². The van der Waals surface area contributed by atoms with Crippen molar-refractivity contribution >= 4 is 0 Å². The molecule has 2 unspecified atom stereocenters. The van der Waals surface area contributed by atoms with Crippen molar-refractivity contribution in [3.63, 3.8) is 0 Å². The summed E-state index contributed by atoms with van der Waals surface area (Å²) in [6, 6.07) is 4.23. The molecule has 1 aromatic carbocycles. The average molecular weight is 327 g/mol. The van der Waals surface area contributed by atoms with E-state index in [4.69, 9.17) is 14.2 Å². The van der Waals surface area contributed by atoms with E-state index >= 15 is 0 Å². The van der Waals surface area contributed by atoms with Crippen LogP contribution in [-0.4, -0.2) is 44.4 Å². The van der Waals surface area contributed by atoms with Gasteiger partial charge in [-0.05, 0) is 18.1 Å². The highest BCUT2D eigenvalue weighted by atomic mass is 16.5. The highest BCUT2D eigenvalue weighted by molar-refractivity contribution is 5.61. The summed E-state index contributed by atoms with van der Waals surface area (Å²) in [6.45, 7) is 6.77. The van der Waals surface area contributed by atoms with Gasteiger partial charge in [0.1, 0.15) is 6.10 Å². The minimum Gasteiger partial charge on any atom is -0.493 e. The van der Waals surface area contributed by atoms with Crippen LogP contribution in [0.4, 0.5) is 0 Å². The number of benzene rings is 1. The minimum absolute atomic E-state index is 0.0653. The topological polar surface area (TPSA) is 30.9 Å². The molecule has 3 atom stereocenters. The van der Waals surface area contributed by atoms with Gasteiger partial charge in [-0.3, -0.25) is 4.90 Å². The highest BCUT2D eigenvalue weighted by Crippen LogP contribution is 2.55. The Morgan fingerprint density at radius 1 is 1.42 bits per heavy atom. The molecule has 0 bridgehead atoms. The molecule has 1 aromatic rings. The maximum absolute atomic E-state index is 6.44. The maximum atomic E-state index is 6.44. The Morgan fingerprint density at radius 3 is 3.04 bits per heavy atom. The summed E-state index contributed by atoms with van der Waals surface area (Å²) in [5.41, 5.74) is 2.60. The van der Waals surface area contributed by atoms with Gasteiger partial charge < -0.3 is 14.2 Å². The van der Waals surface area contributed by atoms with E-state index in [0.717, 1.165) is 44.0 Å². The fourth-order valence-electron chi connectivity index (χ4n) is 4.50. The third-order valence-electron chi connectivity index (χ3n) is 5.71. The van der Waals surface area contributed by atoms with Crippen LogP contribution in [0.1, 0.15) is 24.0 Å². The van der Waals surface area contributed by atoms with Crippen molar-refractivity contribution in [3.8, 4) is 11.5 Å². The van der Waals surface area contributed by atoms with Crippen LogP contribution in [0.2, 0.25) is 0 Å². The number of rotatable bonds is 4. The molecule has 1 spiro atoms. The van der Waals surface area contributed by atoms with Gasteiger partial charge in [-0.2, -0.15) is 0 Å². The van der Waals surface area contributed by atoms with Crippen molar-refractivity contribution in [1.82, 2.24) is 4.90 Å². The second-order valence-corrected chi connectivity index (χ2v) is 6.92. The van der Waals surface area contributed by atoms with E-state index in [2.05, 4.69) is 29.7 Å². The van der Waals surface area contributed by atoms with Crippen LogP contribution in [0.5, 0.6) is 11.5 Å². The van der Waals surface area contributed by atoms with Crippen molar-refractivity contribution in [2.24, 2.45) is 0 Å². The molecule has 3 aliphatic rings. The van der Waals surface area contributed by atoms with E-state index in [1.165, 1.54) is 11.1 Å². The Labute approximate surface area is 143 Å². The van der Waals surface area contributed by atoms with E-state index in [-0.39, 0.29) is 17.6 Å². The summed E-state index contributed by atoms with van der Waals surface area (Å²) in [5, 5.41) is 0. The van der Waals surface area contributed by atoms with Crippen LogP contribution in [0, 0.1) is 0 Å². The smallest absolute Gasteiger partial charge is 0.166 e. The molecule has 4 nitrogen and oxygen atoms in total. The molecule has 0 aromatic heterocycles. The zero-order chi connectivity index (χ0) is 16.7. The Bertz CT molecular complexity index is 684. The minimum atomic E-state index is -0.0653. The molecule has 0 N–H and O–H groups in total. The summed E-state index contributed by atoms with van der Waals surface area (Å²) in [6.07, 6.45) is 8.69. The molecule has 2 heterocycles. The molecule has 0 saturated heterocycles. The molecular formula is C20H25NO3. The SMILES string of the molecule is C=CCN1CCC23C=C[C@H](OC)CC2Oc2c(OC)ccc(c23)C1. The normalized spacial score (nSPS) is 30.9. The fraction of sp³-hybridized carbons (Fsp3) is 0.500. The second-order valence-electron chi connectivity index (χ2n) is 6.92. The Balaban J connectivity index is 1.85. The Morgan fingerprint density at radius 2 is 2.29 bits per heavy atom. The van der Waals surface area contributed by atoms with Gasteiger partial charge in [0.2, 0.25) is 0 Å². The molecule has 4 rings (SSSR count). The van der Waals surface area contributed by atoms with Crippen LogP contribution >= 0.6 is 0 Å². The molecule has 4 heteroatoms. The van der Waals surface area contributed by atoms with E-state index in [1.807, 2.05) is 12.1 Å². The fourth-order valence-corrected chi connectivity index (χ4v) is 4.50. The molecule has 0 saturated carbocycles. The lowest BCUT2D eigenvalue weighted by Gasteiger charge is -2.36. The number of methoxy groups -OCH3 is 2. The summed E-state index contributed by atoms with van der Waals surface area (Å²) in [7, 11) is 3.48. The summed E-state index contributed by atoms with van der Waals surface area (Å²) in [5.74, 6) is 1.77. The molecule has 0 amide bonds. The first kappa shape index (κ1) is 15.7. The van der Waals surface area contributed by atoms with E-state index in [9.17, 15) is 0 Å². The van der Waals surface area contributed by atoms with Crippen molar-refractivity contribution in [2.45, 2.75) is 37.0 Å². The van der Waals surface area contributed by atoms with Gasteiger partial charge in [0, 0.05) is 38.7 Å². The largest absolute Gasteiger partial charge is 0.493 e. The molecule has 0 radical (unpaired) electrons. The van der Waals surface area contributed by atoms with E-state index in [0.29, 0.717) is 0 Å². The first-order valence-electron chi connectivity index (χ1n) is 8.64. The molecule has 24 heavy (non-hydrogen) atoms. The molecular weight excluding hydrogens is 302 g/mol. The van der Waals surface area contributed by atoms with Crippen molar-refractivity contribution in [3.05, 3.63) is 48.1 Å². The van der Waals surface area contributed by atoms with Crippen molar-refractivity contribution in [1.29, 1.82) is 0 Å². The molecule has 2 aliphatic heterocycles. The number of hydrogen-bond acceptors (Lipinski definition) is 4. The van der Waals surface area contributed by atoms with Crippen LogP contribution < -0.4 is 9.47 Å². The second kappa shape index (κ2) is 5.94. The van der Waals surface area contributed by atoms with E-state index < -0.39 is 0 Å². The highest BCUT2D eigenvalue weighted by Gasteiger charge is 2.52. The van der Waals surface area contributed by atoms with Gasteiger partial charge >= 0.3 is 0 Å². The lowest BCUT2D eigenvalue weighted by atomic mass is 9.69. The number of nitrogens with zero attached hydrogens (tertiary/aromatic N) is 1. The zero-order valence-electron chi connectivity index (χ0n) is 14.5. The molecule has 128 valence electrons. The van der Waals surface area contributed by atoms with Crippen LogP contribution in [0.3, 0.4) is 0 Å². The summed E-state index contributed by atoms with van der Waals surface area (Å²) < 4.78 is 17.6. The third-order valence-corrected chi connectivity index (χ3v) is 5.71. The standard InChI is InChI=1S/C20H25NO3/c1-4-10-21-11-9-20-8-7-15(22-2)12-17(20)24-19-16(23-3)6-5-14(13-21)18(19)20/h4-8,15,17H,1,9-13H2,2-3H3/t15-,17?,20?/m0/s1. The lowest BCUT2D eigenvalue weighted by Crippen LogP contribution is -2.43. The number of hydrogen-bond donors (Lipinski definition) is 0. The molecule has 1 aliphatic carbocycles. The predicted octanol–water partition coefficient (Wildman–Crippen LogP) is 3.06. The zero-order valence-corrected chi connectivity index (χ0v) is 14.5. The van der Waals surface area contributed by atoms with Crippen molar-refractivity contribution < 1.29 is 14.2 Å². The van der Waals surface area contributed by atoms with Crippen LogP contribution in [0.25, 0.3) is 0 Å². The van der Waals surface area contributed by atoms with Gasteiger partial charge in [-0.25, -0.2) is 0 Å². The quantitative estimate of drug-likeness (QED) is 0.795. The predicted molar refractivity (Wildman–Crippen MR) is 93.7 cm³/mol. The third kappa shape index (κ3) is 2.20. The molecule has 0 fully saturated rings. The first-order chi connectivity index (χ1) is 11.7. The first-order valence-corrected chi connectivity index (χ1v) is 8.64. The van der Waals surface area contributed by atoms with Gasteiger partial charge in [0.25, 0.3) is 0 Å². The summed E-state index contributed by atoms with van der Waals surface area (Å²) >= 11 is 0. The van der Waals surface area contributed by atoms with Gasteiger partial charge in [-0.15, -0.1) is 6.58 Å². The van der Waals surface area contributed by atoms with Crippen LogP contribution in [0.15, 0.2) is 36.9 Å². The lowest BCUT2D eigenvalue weighted by molar-refractivity contribution is 0.0548.